The van der Waals surface area contributed by atoms with Crippen LogP contribution in [0.1, 0.15) is 293 Å². The van der Waals surface area contributed by atoms with Crippen LogP contribution in [0, 0.1) is 13.8 Å². The van der Waals surface area contributed by atoms with Crippen molar-refractivity contribution in [3.05, 3.63) is 86.5 Å². The van der Waals surface area contributed by atoms with Crippen molar-refractivity contribution in [3.8, 4) is 0 Å². The normalized spacial score (nSPS) is 12.8. The van der Waals surface area contributed by atoms with Crippen LogP contribution in [0.4, 0.5) is 0 Å². The van der Waals surface area contributed by atoms with Crippen LogP contribution >= 0.6 is 0 Å². The second-order valence-corrected chi connectivity index (χ2v) is 21.6. The summed E-state index contributed by atoms with van der Waals surface area (Å²) in [6, 6.07) is 13.8. The second-order valence-electron chi connectivity index (χ2n) is 20.2. The smallest absolute Gasteiger partial charge is 0.493 e. The zero-order valence-corrected chi connectivity index (χ0v) is 45.5. The van der Waals surface area contributed by atoms with E-state index in [1.807, 2.05) is 14.4 Å². The summed E-state index contributed by atoms with van der Waals surface area (Å²) in [5, 5.41) is 2.86. The van der Waals surface area contributed by atoms with Crippen LogP contribution in [0.2, 0.25) is 10.8 Å². The molecule has 2 aromatic rings. The van der Waals surface area contributed by atoms with Crippen molar-refractivity contribution in [1.82, 2.24) is 0 Å². The molecule has 1 aliphatic rings. The maximum absolute atomic E-state index is 11.8. The summed E-state index contributed by atoms with van der Waals surface area (Å²) in [6.45, 7) is 17.9. The van der Waals surface area contributed by atoms with Gasteiger partial charge in [0.15, 0.2) is 0 Å². The third-order valence-corrected chi connectivity index (χ3v) is 15.1. The Labute approximate surface area is 412 Å². The van der Waals surface area contributed by atoms with Crippen LogP contribution in [-0.4, -0.2) is 4.70 Å². The fraction of sp³-hybridized carbons (Fsp3) is 0.742. The Morgan fingerprint density at radius 3 is 1.08 bits per heavy atom. The minimum Gasteiger partial charge on any atom is -0.493 e. The summed E-state index contributed by atoms with van der Waals surface area (Å²) in [5.74, 6) is 0. The van der Waals surface area contributed by atoms with Gasteiger partial charge in [0.05, 0.1) is 0 Å². The average molecular weight is 938 g/mol. The molecule has 0 radical (unpaired) electrons. The second kappa shape index (κ2) is 40.0. The predicted molar refractivity (Wildman–Crippen MR) is 288 cm³/mol. The van der Waals surface area contributed by atoms with Crippen LogP contribution in [-0.2, 0) is 27.3 Å². The minimum atomic E-state index is 0.982. The summed E-state index contributed by atoms with van der Waals surface area (Å²) in [4.78, 5) is 0. The summed E-state index contributed by atoms with van der Waals surface area (Å²) >= 11 is 2.03. The van der Waals surface area contributed by atoms with E-state index < -0.39 is 0 Å². The fourth-order valence-corrected chi connectivity index (χ4v) is 11.0. The van der Waals surface area contributed by atoms with Crippen molar-refractivity contribution < 1.29 is 19.1 Å². The van der Waals surface area contributed by atoms with Gasteiger partial charge in [-0.25, -0.2) is 4.70 Å². The van der Waals surface area contributed by atoms with Gasteiger partial charge in [-0.05, 0) is 94.7 Å². The van der Waals surface area contributed by atoms with Gasteiger partial charge < -0.3 is 5.53 Å². The van der Waals surface area contributed by atoms with Crippen molar-refractivity contribution >= 4 is 11.4 Å². The SMILES string of the molecule is CCCCCCCCCCCC[CH2][Ni][CH2]CCCCCCCCCCCC.CCCCCCc1cc(CCCCCC)cc(C2=C(C)C(CCCCC)=C(c3cc(C)cc(C)c3)[N+]2=[N-])c1. The standard InChI is InChI=1S/C36H52N2.2C13H27.Ni/c1-7-10-13-16-18-30-24-31(19-17-14-11-8-2)26-33(25-30)35-29(6)34(20-15-12-9-3)36(38(35)37)32-22-27(4)21-28(5)23-32;2*1-3-5-7-9-11-13-12-10-8-6-4-2;/h21-26H,7-20H2,1-6H3;2*1,3-13H2,2H3;. The first kappa shape index (κ1) is 59.1. The maximum atomic E-state index is 11.8. The van der Waals surface area contributed by atoms with Gasteiger partial charge in [-0.3, -0.25) is 0 Å². The van der Waals surface area contributed by atoms with E-state index in [0.29, 0.717) is 0 Å². The Morgan fingerprint density at radius 2 is 0.677 bits per heavy atom. The molecule has 0 aromatic heterocycles. The van der Waals surface area contributed by atoms with Gasteiger partial charge >= 0.3 is 166 Å². The molecule has 0 atom stereocenters. The van der Waals surface area contributed by atoms with E-state index in [1.165, 1.54) is 260 Å². The Kier molecular flexibility index (Phi) is 36.4. The molecule has 1 aliphatic heterocycles. The van der Waals surface area contributed by atoms with Gasteiger partial charge in [-0.15, -0.1) is 0 Å². The van der Waals surface area contributed by atoms with Gasteiger partial charge in [0.1, 0.15) is 0 Å². The molecule has 0 N–H and O–H groups in total. The topological polar surface area (TPSA) is 25.3 Å². The molecule has 65 heavy (non-hydrogen) atoms. The van der Waals surface area contributed by atoms with Crippen LogP contribution in [0.3, 0.4) is 0 Å². The molecule has 374 valence electrons. The van der Waals surface area contributed by atoms with E-state index >= 15 is 0 Å². The molecule has 0 saturated heterocycles. The summed E-state index contributed by atoms with van der Waals surface area (Å²) in [6.07, 6.45) is 49.3. The first-order chi connectivity index (χ1) is 31.8. The third kappa shape index (κ3) is 27.0. The molecule has 0 aliphatic carbocycles. The quantitative estimate of drug-likeness (QED) is 0.0361. The molecule has 0 amide bonds. The van der Waals surface area contributed by atoms with E-state index in [1.54, 1.807) is 0 Å². The number of unbranched alkanes of at least 4 members (excludes halogenated alkanes) is 28. The molecular weight excluding hydrogens is 831 g/mol. The van der Waals surface area contributed by atoms with E-state index in [-0.39, 0.29) is 0 Å². The summed E-state index contributed by atoms with van der Waals surface area (Å²) in [5.41, 5.74) is 24.0. The molecular formula is C62H106N2Ni. The van der Waals surface area contributed by atoms with E-state index in [4.69, 9.17) is 0 Å². The molecule has 2 nitrogen and oxygen atoms in total. The number of aryl methyl sites for hydroxylation is 4. The van der Waals surface area contributed by atoms with Crippen LogP contribution in [0.15, 0.2) is 47.5 Å². The van der Waals surface area contributed by atoms with Crippen LogP contribution in [0.25, 0.3) is 16.9 Å². The molecule has 0 unspecified atom stereocenters. The van der Waals surface area contributed by atoms with E-state index in [0.717, 1.165) is 42.6 Å². The monoisotopic (exact) mass is 937 g/mol. The number of rotatable bonds is 40. The van der Waals surface area contributed by atoms with E-state index in [9.17, 15) is 5.53 Å². The summed E-state index contributed by atoms with van der Waals surface area (Å²) in [7, 11) is 0. The zero-order valence-electron chi connectivity index (χ0n) is 44.5. The summed E-state index contributed by atoms with van der Waals surface area (Å²) < 4.78 is 1.53. The van der Waals surface area contributed by atoms with Gasteiger partial charge in [0.25, 0.3) is 0 Å². The van der Waals surface area contributed by atoms with Gasteiger partial charge in [0.2, 0.25) is 11.4 Å². The Morgan fingerprint density at radius 1 is 0.354 bits per heavy atom. The molecule has 0 fully saturated rings. The first-order valence-corrected chi connectivity index (χ1v) is 29.8. The van der Waals surface area contributed by atoms with Gasteiger partial charge in [-0.1, -0.05) is 109 Å². The first-order valence-electron chi connectivity index (χ1n) is 28.4. The third-order valence-electron chi connectivity index (χ3n) is 13.7. The average Bonchev–Trinajstić information content (AvgIpc) is 3.54. The van der Waals surface area contributed by atoms with Crippen LogP contribution in [0.5, 0.6) is 0 Å². The Hall–Kier alpha value is -1.99. The predicted octanol–water partition coefficient (Wildman–Crippen LogP) is 21.8. The zero-order chi connectivity index (χ0) is 47.2. The number of benzene rings is 2. The number of hydrogen-bond acceptors (Lipinski definition) is 0. The van der Waals surface area contributed by atoms with Crippen molar-refractivity contribution in [2.45, 2.75) is 297 Å². The van der Waals surface area contributed by atoms with Crippen LogP contribution < -0.4 is 0 Å². The molecule has 0 spiro atoms. The molecule has 2 aromatic carbocycles. The molecule has 3 rings (SSSR count). The molecule has 3 heteroatoms. The molecule has 0 bridgehead atoms. The van der Waals surface area contributed by atoms with Crippen molar-refractivity contribution in [2.75, 3.05) is 0 Å². The number of allylic oxidation sites excluding steroid dienone is 2. The minimum absolute atomic E-state index is 0.982. The van der Waals surface area contributed by atoms with Crippen molar-refractivity contribution in [2.24, 2.45) is 0 Å². The number of nitrogens with zero attached hydrogens (tertiary/aromatic N) is 2. The molecule has 1 heterocycles. The van der Waals surface area contributed by atoms with Crippen molar-refractivity contribution in [1.29, 1.82) is 0 Å². The van der Waals surface area contributed by atoms with Crippen molar-refractivity contribution in [3.63, 3.8) is 0 Å². The Balaban J connectivity index is 0.000000476. The number of hydrogen-bond donors (Lipinski definition) is 0. The van der Waals surface area contributed by atoms with E-state index in [2.05, 4.69) is 91.8 Å². The van der Waals surface area contributed by atoms with Gasteiger partial charge in [-0.2, -0.15) is 0 Å². The fourth-order valence-electron chi connectivity index (χ4n) is 9.75. The molecule has 0 saturated carbocycles. The van der Waals surface area contributed by atoms with Gasteiger partial charge in [0, 0.05) is 22.3 Å². The Bertz CT molecular complexity index is 1490.